The van der Waals surface area contributed by atoms with Crippen molar-refractivity contribution in [1.29, 1.82) is 0 Å². The zero-order chi connectivity index (χ0) is 13.5. The van der Waals surface area contributed by atoms with E-state index >= 15 is 0 Å². The fourth-order valence-electron chi connectivity index (χ4n) is 2.84. The second-order valence-corrected chi connectivity index (χ2v) is 5.60. The number of alkyl halides is 3. The first-order chi connectivity index (χ1) is 8.97. The van der Waals surface area contributed by atoms with E-state index in [2.05, 4.69) is 15.2 Å². The van der Waals surface area contributed by atoms with Gasteiger partial charge in [-0.3, -0.25) is 9.88 Å². The van der Waals surface area contributed by atoms with Crippen LogP contribution in [0.3, 0.4) is 0 Å². The fourth-order valence-corrected chi connectivity index (χ4v) is 2.84. The van der Waals surface area contributed by atoms with E-state index in [1.807, 2.05) is 0 Å². The van der Waals surface area contributed by atoms with Gasteiger partial charge in [-0.25, -0.2) is 0 Å². The number of nitrogens with one attached hydrogen (secondary N) is 1. The van der Waals surface area contributed by atoms with Crippen LogP contribution in [0.4, 0.5) is 13.2 Å². The zero-order valence-corrected chi connectivity index (χ0v) is 10.5. The van der Waals surface area contributed by atoms with Crippen molar-refractivity contribution in [3.05, 3.63) is 29.6 Å². The first-order valence-electron chi connectivity index (χ1n) is 6.42. The summed E-state index contributed by atoms with van der Waals surface area (Å²) >= 11 is 0. The van der Waals surface area contributed by atoms with Crippen molar-refractivity contribution in [2.75, 3.05) is 26.2 Å². The van der Waals surface area contributed by atoms with Crippen molar-refractivity contribution >= 4 is 0 Å². The highest BCUT2D eigenvalue weighted by molar-refractivity contribution is 5.17. The molecule has 3 rings (SSSR count). The minimum Gasteiger partial charge on any atom is -0.315 e. The van der Waals surface area contributed by atoms with Gasteiger partial charge in [-0.1, -0.05) is 0 Å². The Balaban J connectivity index is 1.61. The number of halogens is 3. The zero-order valence-electron chi connectivity index (χ0n) is 10.5. The van der Waals surface area contributed by atoms with Crippen molar-refractivity contribution in [2.45, 2.75) is 19.1 Å². The van der Waals surface area contributed by atoms with Crippen LogP contribution in [-0.4, -0.2) is 36.1 Å². The Morgan fingerprint density at radius 3 is 2.58 bits per heavy atom. The summed E-state index contributed by atoms with van der Waals surface area (Å²) in [7, 11) is 0. The Hall–Kier alpha value is -1.14. The highest BCUT2D eigenvalue weighted by Crippen LogP contribution is 2.34. The van der Waals surface area contributed by atoms with E-state index in [0.29, 0.717) is 17.7 Å². The van der Waals surface area contributed by atoms with Crippen LogP contribution in [0.5, 0.6) is 0 Å². The van der Waals surface area contributed by atoms with Crippen LogP contribution in [-0.2, 0) is 12.7 Å². The van der Waals surface area contributed by atoms with Crippen molar-refractivity contribution < 1.29 is 13.2 Å². The molecule has 0 saturated carbocycles. The highest BCUT2D eigenvalue weighted by Gasteiger charge is 2.42. The first kappa shape index (κ1) is 12.9. The minimum absolute atomic E-state index is 0.409. The Morgan fingerprint density at radius 1 is 1.32 bits per heavy atom. The van der Waals surface area contributed by atoms with Gasteiger partial charge in [0.2, 0.25) is 0 Å². The van der Waals surface area contributed by atoms with E-state index in [0.717, 1.165) is 38.4 Å². The van der Waals surface area contributed by atoms with Gasteiger partial charge in [-0.05, 0) is 25.1 Å². The second-order valence-electron chi connectivity index (χ2n) is 5.60. The third kappa shape index (κ3) is 2.60. The van der Waals surface area contributed by atoms with Gasteiger partial charge in [0.15, 0.2) is 0 Å². The SMILES string of the molecule is FC(F)(F)c1ccc(CN2CCC3(CNC3)C2)nc1. The van der Waals surface area contributed by atoms with E-state index in [9.17, 15) is 13.2 Å². The molecule has 1 spiro atoms. The Labute approximate surface area is 109 Å². The molecule has 3 heterocycles. The smallest absolute Gasteiger partial charge is 0.315 e. The van der Waals surface area contributed by atoms with Crippen LogP contribution >= 0.6 is 0 Å². The molecule has 1 N–H and O–H groups in total. The minimum atomic E-state index is -4.30. The van der Waals surface area contributed by atoms with E-state index in [1.54, 1.807) is 0 Å². The summed E-state index contributed by atoms with van der Waals surface area (Å²) < 4.78 is 37.3. The average molecular weight is 271 g/mol. The predicted molar refractivity (Wildman–Crippen MR) is 64.4 cm³/mol. The Morgan fingerprint density at radius 2 is 2.11 bits per heavy atom. The number of hydrogen-bond donors (Lipinski definition) is 1. The molecule has 0 bridgehead atoms. The molecule has 1 aromatic heterocycles. The molecule has 3 nitrogen and oxygen atoms in total. The average Bonchev–Trinajstić information content (AvgIpc) is 2.73. The van der Waals surface area contributed by atoms with Crippen LogP contribution in [0, 0.1) is 5.41 Å². The summed E-state index contributed by atoms with van der Waals surface area (Å²) in [4.78, 5) is 6.20. The van der Waals surface area contributed by atoms with Gasteiger partial charge in [-0.2, -0.15) is 13.2 Å². The second kappa shape index (κ2) is 4.45. The maximum atomic E-state index is 12.4. The molecule has 104 valence electrons. The molecule has 0 aliphatic carbocycles. The van der Waals surface area contributed by atoms with Gasteiger partial charge in [0, 0.05) is 37.8 Å². The molecular formula is C13H16F3N3. The largest absolute Gasteiger partial charge is 0.417 e. The summed E-state index contributed by atoms with van der Waals surface area (Å²) in [5.41, 5.74) is 0.431. The summed E-state index contributed by atoms with van der Waals surface area (Å²) in [5, 5.41) is 3.29. The molecule has 0 radical (unpaired) electrons. The van der Waals surface area contributed by atoms with E-state index in [-0.39, 0.29) is 0 Å². The van der Waals surface area contributed by atoms with Gasteiger partial charge in [0.1, 0.15) is 0 Å². The molecule has 0 aromatic carbocycles. The third-order valence-corrected chi connectivity index (χ3v) is 4.06. The van der Waals surface area contributed by atoms with Crippen molar-refractivity contribution in [1.82, 2.24) is 15.2 Å². The first-order valence-corrected chi connectivity index (χ1v) is 6.42. The molecule has 0 amide bonds. The molecule has 2 aliphatic heterocycles. The topological polar surface area (TPSA) is 28.2 Å². The standard InChI is InChI=1S/C13H16F3N3/c14-13(15,16)10-1-2-11(18-5-10)6-19-4-3-12(9-19)7-17-8-12/h1-2,5,17H,3-4,6-9H2. The number of nitrogens with zero attached hydrogens (tertiary/aromatic N) is 2. The lowest BCUT2D eigenvalue weighted by atomic mass is 9.81. The maximum Gasteiger partial charge on any atom is 0.417 e. The molecular weight excluding hydrogens is 255 g/mol. The number of hydrogen-bond acceptors (Lipinski definition) is 3. The van der Waals surface area contributed by atoms with Gasteiger partial charge in [0.25, 0.3) is 0 Å². The van der Waals surface area contributed by atoms with E-state index in [4.69, 9.17) is 0 Å². The summed E-state index contributed by atoms with van der Waals surface area (Å²) in [6.45, 7) is 4.78. The molecule has 0 unspecified atom stereocenters. The van der Waals surface area contributed by atoms with Crippen molar-refractivity contribution in [3.8, 4) is 0 Å². The fraction of sp³-hybridized carbons (Fsp3) is 0.615. The lowest BCUT2D eigenvalue weighted by molar-refractivity contribution is -0.137. The third-order valence-electron chi connectivity index (χ3n) is 4.06. The summed E-state index contributed by atoms with van der Waals surface area (Å²) in [5.74, 6) is 0. The van der Waals surface area contributed by atoms with Crippen LogP contribution in [0.1, 0.15) is 17.7 Å². The predicted octanol–water partition coefficient (Wildman–Crippen LogP) is 1.90. The van der Waals surface area contributed by atoms with E-state index < -0.39 is 11.7 Å². The van der Waals surface area contributed by atoms with Gasteiger partial charge in [0.05, 0.1) is 11.3 Å². The quantitative estimate of drug-likeness (QED) is 0.890. The van der Waals surface area contributed by atoms with Crippen molar-refractivity contribution in [3.63, 3.8) is 0 Å². The van der Waals surface area contributed by atoms with Crippen molar-refractivity contribution in [2.24, 2.45) is 5.41 Å². The molecule has 2 fully saturated rings. The van der Waals surface area contributed by atoms with Crippen LogP contribution in [0.25, 0.3) is 0 Å². The molecule has 2 aliphatic rings. The normalized spacial score (nSPS) is 22.7. The Bertz CT molecular complexity index is 451. The lowest BCUT2D eigenvalue weighted by Crippen LogP contribution is -2.54. The molecule has 6 heteroatoms. The summed E-state index contributed by atoms with van der Waals surface area (Å²) in [6, 6.07) is 2.59. The molecule has 2 saturated heterocycles. The lowest BCUT2D eigenvalue weighted by Gasteiger charge is -2.39. The van der Waals surface area contributed by atoms with Gasteiger partial charge >= 0.3 is 6.18 Å². The number of aromatic nitrogens is 1. The highest BCUT2D eigenvalue weighted by atomic mass is 19.4. The molecule has 19 heavy (non-hydrogen) atoms. The van der Waals surface area contributed by atoms with Crippen LogP contribution < -0.4 is 5.32 Å². The van der Waals surface area contributed by atoms with Gasteiger partial charge < -0.3 is 5.32 Å². The Kier molecular flexibility index (Phi) is 3.02. The van der Waals surface area contributed by atoms with Gasteiger partial charge in [-0.15, -0.1) is 0 Å². The molecule has 0 atom stereocenters. The number of rotatable bonds is 2. The molecule has 1 aromatic rings. The number of pyridine rings is 1. The monoisotopic (exact) mass is 271 g/mol. The van der Waals surface area contributed by atoms with Crippen LogP contribution in [0.15, 0.2) is 18.3 Å². The maximum absolute atomic E-state index is 12.4. The summed E-state index contributed by atoms with van der Waals surface area (Å²) in [6.07, 6.45) is -2.21. The van der Waals surface area contributed by atoms with Crippen LogP contribution in [0.2, 0.25) is 0 Å². The number of likely N-dealkylation sites (tertiary alicyclic amines) is 1. The van der Waals surface area contributed by atoms with E-state index in [1.165, 1.54) is 12.5 Å².